The van der Waals surface area contributed by atoms with Crippen LogP contribution in [-0.4, -0.2) is 33.4 Å². The summed E-state index contributed by atoms with van der Waals surface area (Å²) < 4.78 is 5.65. The minimum absolute atomic E-state index is 0.653. The van der Waals surface area contributed by atoms with E-state index < -0.39 is 0 Å². The van der Waals surface area contributed by atoms with E-state index in [0.29, 0.717) is 6.54 Å². The van der Waals surface area contributed by atoms with Crippen LogP contribution in [0.3, 0.4) is 0 Å². The van der Waals surface area contributed by atoms with Gasteiger partial charge in [0.05, 0.1) is 17.3 Å². The second-order valence-corrected chi connectivity index (χ2v) is 5.67. The van der Waals surface area contributed by atoms with Crippen LogP contribution in [0, 0.1) is 5.92 Å². The smallest absolute Gasteiger partial charge is 0.0642 e. The van der Waals surface area contributed by atoms with Crippen LogP contribution in [0.25, 0.3) is 0 Å². The molecule has 3 nitrogen and oxygen atoms in total. The summed E-state index contributed by atoms with van der Waals surface area (Å²) >= 11 is 6.31. The highest BCUT2D eigenvalue weighted by atomic mass is 35.5. The monoisotopic (exact) mass is 282 g/mol. The average Bonchev–Trinajstić information content (AvgIpc) is 3.19. The lowest BCUT2D eigenvalue weighted by molar-refractivity contribution is 0.131. The number of likely N-dealkylation sites (N-methyl/N-ethyl adjacent to an activating group) is 1. The summed E-state index contributed by atoms with van der Waals surface area (Å²) in [4.78, 5) is 2.14. The van der Waals surface area contributed by atoms with Crippen LogP contribution in [0.2, 0.25) is 5.02 Å². The van der Waals surface area contributed by atoms with Gasteiger partial charge >= 0.3 is 0 Å². The van der Waals surface area contributed by atoms with Crippen molar-refractivity contribution in [3.63, 3.8) is 0 Å². The molecule has 0 radical (unpaired) electrons. The normalized spacial score (nSPS) is 14.7. The Hall–Kier alpha value is -0.770. The molecule has 0 atom stereocenters. The molecule has 106 valence electrons. The van der Waals surface area contributed by atoms with Crippen LogP contribution in [-0.2, 0) is 11.2 Å². The van der Waals surface area contributed by atoms with Crippen LogP contribution in [0.5, 0.6) is 0 Å². The van der Waals surface area contributed by atoms with Crippen LogP contribution >= 0.6 is 11.6 Å². The molecule has 1 aromatic carbocycles. The molecule has 0 amide bonds. The number of nitrogens with zero attached hydrogens (tertiary/aromatic N) is 1. The van der Waals surface area contributed by atoms with Crippen molar-refractivity contribution >= 4 is 17.3 Å². The predicted molar refractivity (Wildman–Crippen MR) is 81.0 cm³/mol. The highest BCUT2D eigenvalue weighted by Gasteiger charge is 2.21. The van der Waals surface area contributed by atoms with E-state index in [0.717, 1.165) is 42.8 Å². The molecule has 1 fully saturated rings. The SMILES string of the molecule is CN(CCOCC1CC1)c1ccc(CCN)cc1Cl. The van der Waals surface area contributed by atoms with Crippen molar-refractivity contribution in [1.82, 2.24) is 0 Å². The van der Waals surface area contributed by atoms with E-state index in [1.165, 1.54) is 18.4 Å². The van der Waals surface area contributed by atoms with Gasteiger partial charge in [-0.3, -0.25) is 0 Å². The average molecular weight is 283 g/mol. The van der Waals surface area contributed by atoms with E-state index in [4.69, 9.17) is 22.1 Å². The Balaban J connectivity index is 1.81. The van der Waals surface area contributed by atoms with Crippen LogP contribution < -0.4 is 10.6 Å². The highest BCUT2D eigenvalue weighted by molar-refractivity contribution is 6.33. The molecular formula is C15H23ClN2O. The van der Waals surface area contributed by atoms with E-state index in [9.17, 15) is 0 Å². The van der Waals surface area contributed by atoms with Gasteiger partial charge in [0, 0.05) is 20.2 Å². The van der Waals surface area contributed by atoms with Gasteiger partial charge in [-0.1, -0.05) is 17.7 Å². The third-order valence-electron chi connectivity index (χ3n) is 3.48. The number of halogens is 1. The topological polar surface area (TPSA) is 38.5 Å². The number of benzene rings is 1. The Bertz CT molecular complexity index is 407. The fourth-order valence-corrected chi connectivity index (χ4v) is 2.39. The largest absolute Gasteiger partial charge is 0.379 e. The first-order valence-corrected chi connectivity index (χ1v) is 7.36. The molecule has 0 unspecified atom stereocenters. The molecule has 1 saturated carbocycles. The van der Waals surface area contributed by atoms with E-state index in [1.807, 2.05) is 13.1 Å². The summed E-state index contributed by atoms with van der Waals surface area (Å²) in [6, 6.07) is 6.16. The van der Waals surface area contributed by atoms with Gasteiger partial charge in [-0.2, -0.15) is 0 Å². The maximum absolute atomic E-state index is 6.31. The summed E-state index contributed by atoms with van der Waals surface area (Å²) in [6.45, 7) is 3.19. The van der Waals surface area contributed by atoms with Crippen LogP contribution in [0.15, 0.2) is 18.2 Å². The summed E-state index contributed by atoms with van der Waals surface area (Å²) in [5.74, 6) is 0.824. The van der Waals surface area contributed by atoms with Crippen molar-refractivity contribution in [2.45, 2.75) is 19.3 Å². The molecule has 0 saturated heterocycles. The van der Waals surface area contributed by atoms with Crippen molar-refractivity contribution < 1.29 is 4.74 Å². The standard InChI is InChI=1S/C15H23ClN2O/c1-18(8-9-19-11-13-2-3-13)15-5-4-12(6-7-17)10-14(15)16/h4-5,10,13H,2-3,6-9,11,17H2,1H3. The first kappa shape index (κ1) is 14.6. The number of hydrogen-bond donors (Lipinski definition) is 1. The minimum Gasteiger partial charge on any atom is -0.379 e. The number of hydrogen-bond acceptors (Lipinski definition) is 3. The number of rotatable bonds is 8. The van der Waals surface area contributed by atoms with Gasteiger partial charge in [0.1, 0.15) is 0 Å². The highest BCUT2D eigenvalue weighted by Crippen LogP contribution is 2.29. The maximum Gasteiger partial charge on any atom is 0.0642 e. The number of anilines is 1. The van der Waals surface area contributed by atoms with Gasteiger partial charge < -0.3 is 15.4 Å². The van der Waals surface area contributed by atoms with Gasteiger partial charge in [-0.25, -0.2) is 0 Å². The van der Waals surface area contributed by atoms with Crippen molar-refractivity contribution in [2.24, 2.45) is 11.7 Å². The van der Waals surface area contributed by atoms with Crippen LogP contribution in [0.4, 0.5) is 5.69 Å². The summed E-state index contributed by atoms with van der Waals surface area (Å²) in [5, 5.41) is 0.788. The Morgan fingerprint density at radius 1 is 1.42 bits per heavy atom. The third kappa shape index (κ3) is 4.68. The zero-order chi connectivity index (χ0) is 13.7. The van der Waals surface area contributed by atoms with Gasteiger partial charge in [0.2, 0.25) is 0 Å². The Morgan fingerprint density at radius 2 is 2.21 bits per heavy atom. The number of ether oxygens (including phenoxy) is 1. The summed E-state index contributed by atoms with van der Waals surface area (Å²) in [5.41, 5.74) is 7.79. The summed E-state index contributed by atoms with van der Waals surface area (Å²) in [7, 11) is 2.05. The second kappa shape index (κ2) is 7.13. The summed E-state index contributed by atoms with van der Waals surface area (Å²) in [6.07, 6.45) is 3.54. The molecule has 0 heterocycles. The Labute approximate surface area is 120 Å². The zero-order valence-corrected chi connectivity index (χ0v) is 12.3. The molecular weight excluding hydrogens is 260 g/mol. The molecule has 0 spiro atoms. The molecule has 0 aliphatic heterocycles. The van der Waals surface area contributed by atoms with Gasteiger partial charge in [-0.05, 0) is 49.4 Å². The van der Waals surface area contributed by atoms with Crippen molar-refractivity contribution in [3.8, 4) is 0 Å². The first-order valence-electron chi connectivity index (χ1n) is 6.98. The number of nitrogens with two attached hydrogens (primary N) is 1. The molecule has 19 heavy (non-hydrogen) atoms. The van der Waals surface area contributed by atoms with Gasteiger partial charge in [0.15, 0.2) is 0 Å². The van der Waals surface area contributed by atoms with Crippen LogP contribution in [0.1, 0.15) is 18.4 Å². The van der Waals surface area contributed by atoms with Gasteiger partial charge in [-0.15, -0.1) is 0 Å². The fourth-order valence-electron chi connectivity index (χ4n) is 2.04. The molecule has 2 rings (SSSR count). The van der Waals surface area contributed by atoms with E-state index in [-0.39, 0.29) is 0 Å². The molecule has 0 bridgehead atoms. The quantitative estimate of drug-likeness (QED) is 0.745. The lowest BCUT2D eigenvalue weighted by Gasteiger charge is -2.21. The van der Waals surface area contributed by atoms with Crippen molar-refractivity contribution in [3.05, 3.63) is 28.8 Å². The van der Waals surface area contributed by atoms with E-state index >= 15 is 0 Å². The zero-order valence-electron chi connectivity index (χ0n) is 11.6. The van der Waals surface area contributed by atoms with Crippen molar-refractivity contribution in [2.75, 3.05) is 38.3 Å². The predicted octanol–water partition coefficient (Wildman–Crippen LogP) is 2.70. The molecule has 1 aliphatic rings. The Kier molecular flexibility index (Phi) is 5.49. The first-order chi connectivity index (χ1) is 9.20. The third-order valence-corrected chi connectivity index (χ3v) is 3.78. The fraction of sp³-hybridized carbons (Fsp3) is 0.600. The second-order valence-electron chi connectivity index (χ2n) is 5.26. The van der Waals surface area contributed by atoms with E-state index in [2.05, 4.69) is 17.0 Å². The Morgan fingerprint density at radius 3 is 2.84 bits per heavy atom. The molecule has 1 aliphatic carbocycles. The molecule has 2 N–H and O–H groups in total. The molecule has 0 aromatic heterocycles. The lowest BCUT2D eigenvalue weighted by atomic mass is 10.1. The molecule has 1 aromatic rings. The van der Waals surface area contributed by atoms with Gasteiger partial charge in [0.25, 0.3) is 0 Å². The van der Waals surface area contributed by atoms with Crippen molar-refractivity contribution in [1.29, 1.82) is 0 Å². The maximum atomic E-state index is 6.31. The minimum atomic E-state index is 0.653. The lowest BCUT2D eigenvalue weighted by Crippen LogP contribution is -2.23. The van der Waals surface area contributed by atoms with E-state index in [1.54, 1.807) is 0 Å². The molecule has 4 heteroatoms.